The maximum absolute atomic E-state index is 12.0. The monoisotopic (exact) mass is 342 g/mol. The molecule has 0 spiro atoms. The standard InChI is InChI=1S/C15H23BrN2O2/c1-10(2)18(11(3)4)8-7-17-15(20)13-6-5-12(16)9-14(13)19/h5-6,9-11,19H,7-8H2,1-4H3,(H,17,20). The van der Waals surface area contributed by atoms with Crippen LogP contribution in [0.3, 0.4) is 0 Å². The van der Waals surface area contributed by atoms with E-state index in [1.807, 2.05) is 0 Å². The Bertz CT molecular complexity index is 453. The lowest BCUT2D eigenvalue weighted by atomic mass is 10.2. The molecule has 0 saturated carbocycles. The number of aromatic hydroxyl groups is 1. The molecule has 0 aliphatic heterocycles. The number of rotatable bonds is 6. The van der Waals surface area contributed by atoms with E-state index in [0.29, 0.717) is 24.2 Å². The molecule has 0 radical (unpaired) electrons. The summed E-state index contributed by atoms with van der Waals surface area (Å²) in [4.78, 5) is 14.3. The van der Waals surface area contributed by atoms with E-state index in [4.69, 9.17) is 0 Å². The highest BCUT2D eigenvalue weighted by molar-refractivity contribution is 9.10. The number of nitrogens with zero attached hydrogens (tertiary/aromatic N) is 1. The number of phenols is 1. The fourth-order valence-electron chi connectivity index (χ4n) is 2.20. The van der Waals surface area contributed by atoms with Crippen molar-refractivity contribution in [1.82, 2.24) is 10.2 Å². The SMILES string of the molecule is CC(C)N(CCNC(=O)c1ccc(Br)cc1O)C(C)C. The second-order valence-electron chi connectivity index (χ2n) is 5.34. The Hall–Kier alpha value is -1.07. The summed E-state index contributed by atoms with van der Waals surface area (Å²) in [6.45, 7) is 9.92. The van der Waals surface area contributed by atoms with E-state index >= 15 is 0 Å². The molecule has 0 aliphatic carbocycles. The van der Waals surface area contributed by atoms with Crippen LogP contribution in [0.4, 0.5) is 0 Å². The average Bonchev–Trinajstić information content (AvgIpc) is 2.33. The van der Waals surface area contributed by atoms with Gasteiger partial charge in [-0.3, -0.25) is 9.69 Å². The minimum Gasteiger partial charge on any atom is -0.507 e. The maximum Gasteiger partial charge on any atom is 0.255 e. The number of carbonyl (C=O) groups excluding carboxylic acids is 1. The zero-order valence-corrected chi connectivity index (χ0v) is 14.1. The van der Waals surface area contributed by atoms with E-state index < -0.39 is 0 Å². The van der Waals surface area contributed by atoms with Gasteiger partial charge in [-0.1, -0.05) is 15.9 Å². The predicted octanol–water partition coefficient (Wildman–Crippen LogP) is 3.00. The number of hydrogen-bond acceptors (Lipinski definition) is 3. The minimum absolute atomic E-state index is 0.0125. The van der Waals surface area contributed by atoms with Gasteiger partial charge in [0.25, 0.3) is 5.91 Å². The molecule has 0 fully saturated rings. The van der Waals surface area contributed by atoms with Gasteiger partial charge in [-0.25, -0.2) is 0 Å². The van der Waals surface area contributed by atoms with E-state index in [-0.39, 0.29) is 11.7 Å². The van der Waals surface area contributed by atoms with Crippen molar-refractivity contribution in [3.05, 3.63) is 28.2 Å². The van der Waals surface area contributed by atoms with Crippen LogP contribution in [-0.4, -0.2) is 41.1 Å². The molecule has 0 heterocycles. The minimum atomic E-state index is -0.248. The molecule has 0 saturated heterocycles. The topological polar surface area (TPSA) is 52.6 Å². The van der Waals surface area contributed by atoms with Crippen molar-refractivity contribution >= 4 is 21.8 Å². The first kappa shape index (κ1) is 17.0. The van der Waals surface area contributed by atoms with E-state index in [1.165, 1.54) is 6.07 Å². The van der Waals surface area contributed by atoms with Crippen LogP contribution in [-0.2, 0) is 0 Å². The third-order valence-electron chi connectivity index (χ3n) is 3.19. The van der Waals surface area contributed by atoms with Crippen LogP contribution in [0.25, 0.3) is 0 Å². The molecule has 2 N–H and O–H groups in total. The zero-order chi connectivity index (χ0) is 15.3. The number of nitrogens with one attached hydrogen (secondary N) is 1. The summed E-state index contributed by atoms with van der Waals surface area (Å²) >= 11 is 3.25. The van der Waals surface area contributed by atoms with Crippen LogP contribution in [0.2, 0.25) is 0 Å². The molecule has 1 amide bonds. The Balaban J connectivity index is 2.55. The number of halogens is 1. The molecule has 5 heteroatoms. The molecule has 0 aliphatic rings. The quantitative estimate of drug-likeness (QED) is 0.835. The van der Waals surface area contributed by atoms with Crippen LogP contribution in [0.5, 0.6) is 5.75 Å². The highest BCUT2D eigenvalue weighted by atomic mass is 79.9. The molecule has 1 aromatic rings. The third kappa shape index (κ3) is 4.80. The number of carbonyl (C=O) groups is 1. The summed E-state index contributed by atoms with van der Waals surface area (Å²) in [6, 6.07) is 5.74. The summed E-state index contributed by atoms with van der Waals surface area (Å²) in [5, 5.41) is 12.6. The zero-order valence-electron chi connectivity index (χ0n) is 12.5. The van der Waals surface area contributed by atoms with Crippen LogP contribution in [0.1, 0.15) is 38.1 Å². The number of phenolic OH excluding ortho intramolecular Hbond substituents is 1. The molecule has 0 atom stereocenters. The molecular weight excluding hydrogens is 320 g/mol. The summed E-state index contributed by atoms with van der Waals surface area (Å²) in [5.41, 5.74) is 0.300. The normalized spacial score (nSPS) is 11.4. The Morgan fingerprint density at radius 1 is 1.30 bits per heavy atom. The molecule has 0 bridgehead atoms. The first-order valence-electron chi connectivity index (χ1n) is 6.85. The molecule has 20 heavy (non-hydrogen) atoms. The fraction of sp³-hybridized carbons (Fsp3) is 0.533. The van der Waals surface area contributed by atoms with Crippen molar-refractivity contribution in [2.24, 2.45) is 0 Å². The summed E-state index contributed by atoms with van der Waals surface area (Å²) < 4.78 is 0.748. The Kier molecular flexibility index (Phi) is 6.49. The van der Waals surface area contributed by atoms with Gasteiger partial charge in [0, 0.05) is 29.6 Å². The molecule has 0 unspecified atom stereocenters. The first-order chi connectivity index (χ1) is 9.32. The number of benzene rings is 1. The third-order valence-corrected chi connectivity index (χ3v) is 3.68. The first-order valence-corrected chi connectivity index (χ1v) is 7.64. The molecular formula is C15H23BrN2O2. The van der Waals surface area contributed by atoms with Gasteiger partial charge in [0.05, 0.1) is 5.56 Å². The largest absolute Gasteiger partial charge is 0.507 e. The molecule has 4 nitrogen and oxygen atoms in total. The second kappa shape index (κ2) is 7.64. The van der Waals surface area contributed by atoms with E-state index in [0.717, 1.165) is 11.0 Å². The number of amides is 1. The van der Waals surface area contributed by atoms with Crippen molar-refractivity contribution in [2.45, 2.75) is 39.8 Å². The molecule has 112 valence electrons. The van der Waals surface area contributed by atoms with Gasteiger partial charge in [-0.15, -0.1) is 0 Å². The van der Waals surface area contributed by atoms with Crippen LogP contribution in [0.15, 0.2) is 22.7 Å². The lowest BCUT2D eigenvalue weighted by Crippen LogP contribution is -2.42. The lowest BCUT2D eigenvalue weighted by Gasteiger charge is -2.30. The average molecular weight is 343 g/mol. The smallest absolute Gasteiger partial charge is 0.255 e. The molecule has 1 aromatic carbocycles. The fourth-order valence-corrected chi connectivity index (χ4v) is 2.55. The summed E-state index contributed by atoms with van der Waals surface area (Å²) in [6.07, 6.45) is 0. The van der Waals surface area contributed by atoms with Crippen molar-refractivity contribution in [3.63, 3.8) is 0 Å². The van der Waals surface area contributed by atoms with Gasteiger partial charge in [-0.05, 0) is 45.9 Å². The van der Waals surface area contributed by atoms with Gasteiger partial charge in [0.1, 0.15) is 5.75 Å². The Labute approximate surface area is 129 Å². The van der Waals surface area contributed by atoms with Gasteiger partial charge >= 0.3 is 0 Å². The second-order valence-corrected chi connectivity index (χ2v) is 6.26. The number of hydrogen-bond donors (Lipinski definition) is 2. The summed E-state index contributed by atoms with van der Waals surface area (Å²) in [7, 11) is 0. The Morgan fingerprint density at radius 3 is 2.40 bits per heavy atom. The van der Waals surface area contributed by atoms with E-state index in [2.05, 4.69) is 53.8 Å². The van der Waals surface area contributed by atoms with Gasteiger partial charge in [-0.2, -0.15) is 0 Å². The predicted molar refractivity (Wildman–Crippen MR) is 85.1 cm³/mol. The van der Waals surface area contributed by atoms with Crippen LogP contribution in [0, 0.1) is 0 Å². The highest BCUT2D eigenvalue weighted by Gasteiger charge is 2.14. The molecule has 1 rings (SSSR count). The van der Waals surface area contributed by atoms with Crippen molar-refractivity contribution < 1.29 is 9.90 Å². The van der Waals surface area contributed by atoms with E-state index in [9.17, 15) is 9.90 Å². The highest BCUT2D eigenvalue weighted by Crippen LogP contribution is 2.21. The van der Waals surface area contributed by atoms with Crippen molar-refractivity contribution in [3.8, 4) is 5.75 Å². The van der Waals surface area contributed by atoms with E-state index in [1.54, 1.807) is 12.1 Å². The van der Waals surface area contributed by atoms with Crippen molar-refractivity contribution in [2.75, 3.05) is 13.1 Å². The van der Waals surface area contributed by atoms with Gasteiger partial charge in [0.2, 0.25) is 0 Å². The van der Waals surface area contributed by atoms with Crippen molar-refractivity contribution in [1.29, 1.82) is 0 Å². The Morgan fingerprint density at radius 2 is 1.90 bits per heavy atom. The van der Waals surface area contributed by atoms with Gasteiger partial charge < -0.3 is 10.4 Å². The summed E-state index contributed by atoms with van der Waals surface area (Å²) in [5.74, 6) is -0.260. The molecule has 0 aromatic heterocycles. The van der Waals surface area contributed by atoms with Crippen LogP contribution < -0.4 is 5.32 Å². The van der Waals surface area contributed by atoms with Gasteiger partial charge in [0.15, 0.2) is 0 Å². The van der Waals surface area contributed by atoms with Crippen LogP contribution >= 0.6 is 15.9 Å². The maximum atomic E-state index is 12.0. The lowest BCUT2D eigenvalue weighted by molar-refractivity contribution is 0.0936.